The van der Waals surface area contributed by atoms with E-state index in [1.54, 1.807) is 0 Å². The summed E-state index contributed by atoms with van der Waals surface area (Å²) in [5, 5.41) is 7.18. The molecule has 16 heavy (non-hydrogen) atoms. The van der Waals surface area contributed by atoms with E-state index in [1.807, 2.05) is 0 Å². The Bertz CT molecular complexity index is 376. The molecule has 2 aliphatic carbocycles. The number of hydrogen-bond acceptors (Lipinski definition) is 2. The highest BCUT2D eigenvalue weighted by Crippen LogP contribution is 2.37. The van der Waals surface area contributed by atoms with Crippen LogP contribution in [0.25, 0.3) is 0 Å². The first-order valence-electron chi connectivity index (χ1n) is 6.23. The van der Waals surface area contributed by atoms with Crippen LogP contribution in [0.3, 0.4) is 0 Å². The SMILES string of the molecule is C/C(=N\N(C1CC1)C1CC1)c1ccccc1. The Morgan fingerprint density at radius 1 is 1.06 bits per heavy atom. The fourth-order valence-electron chi connectivity index (χ4n) is 2.05. The number of nitrogens with zero attached hydrogens (tertiary/aromatic N) is 2. The lowest BCUT2D eigenvalue weighted by molar-refractivity contribution is 0.266. The van der Waals surface area contributed by atoms with Crippen LogP contribution in [-0.2, 0) is 0 Å². The van der Waals surface area contributed by atoms with E-state index in [-0.39, 0.29) is 0 Å². The molecular weight excluding hydrogens is 196 g/mol. The Balaban J connectivity index is 1.79. The monoisotopic (exact) mass is 214 g/mol. The molecule has 0 N–H and O–H groups in total. The molecule has 0 aromatic heterocycles. The molecule has 0 heterocycles. The molecule has 0 radical (unpaired) electrons. The maximum atomic E-state index is 4.82. The van der Waals surface area contributed by atoms with Crippen LogP contribution in [0.15, 0.2) is 35.4 Å². The van der Waals surface area contributed by atoms with Gasteiger partial charge in [-0.25, -0.2) is 0 Å². The molecule has 0 bridgehead atoms. The van der Waals surface area contributed by atoms with E-state index < -0.39 is 0 Å². The van der Waals surface area contributed by atoms with Crippen molar-refractivity contribution in [3.63, 3.8) is 0 Å². The summed E-state index contributed by atoms with van der Waals surface area (Å²) < 4.78 is 0. The van der Waals surface area contributed by atoms with Gasteiger partial charge in [0.15, 0.2) is 0 Å². The van der Waals surface area contributed by atoms with E-state index in [0.717, 1.165) is 17.8 Å². The van der Waals surface area contributed by atoms with Gasteiger partial charge in [-0.1, -0.05) is 30.3 Å². The molecule has 0 aliphatic heterocycles. The van der Waals surface area contributed by atoms with Gasteiger partial charge >= 0.3 is 0 Å². The summed E-state index contributed by atoms with van der Waals surface area (Å²) in [5.41, 5.74) is 2.40. The quantitative estimate of drug-likeness (QED) is 0.555. The molecule has 84 valence electrons. The molecule has 0 atom stereocenters. The summed E-state index contributed by atoms with van der Waals surface area (Å²) >= 11 is 0. The van der Waals surface area contributed by atoms with E-state index in [9.17, 15) is 0 Å². The Kier molecular flexibility index (Phi) is 2.43. The fraction of sp³-hybridized carbons (Fsp3) is 0.500. The predicted molar refractivity (Wildman–Crippen MR) is 66.5 cm³/mol. The lowest BCUT2D eigenvalue weighted by Gasteiger charge is -2.19. The van der Waals surface area contributed by atoms with Crippen molar-refractivity contribution in [3.8, 4) is 0 Å². The van der Waals surface area contributed by atoms with Crippen LogP contribution in [0.2, 0.25) is 0 Å². The molecule has 0 unspecified atom stereocenters. The Labute approximate surface area is 97.0 Å². The Hall–Kier alpha value is -1.31. The van der Waals surface area contributed by atoms with Crippen LogP contribution in [0.1, 0.15) is 38.2 Å². The Morgan fingerprint density at radius 2 is 1.62 bits per heavy atom. The average molecular weight is 214 g/mol. The topological polar surface area (TPSA) is 15.6 Å². The number of benzene rings is 1. The average Bonchev–Trinajstić information content (AvgIpc) is 3.19. The first kappa shape index (κ1) is 9.88. The van der Waals surface area contributed by atoms with E-state index in [1.165, 1.54) is 31.2 Å². The van der Waals surface area contributed by atoms with Gasteiger partial charge in [0.05, 0.1) is 5.71 Å². The van der Waals surface area contributed by atoms with E-state index in [2.05, 4.69) is 42.3 Å². The molecule has 1 aromatic rings. The molecule has 0 spiro atoms. The molecule has 3 rings (SSSR count). The summed E-state index contributed by atoms with van der Waals surface area (Å²) in [7, 11) is 0. The first-order valence-corrected chi connectivity index (χ1v) is 6.23. The molecule has 2 aliphatic rings. The molecule has 2 heteroatoms. The third-order valence-corrected chi connectivity index (χ3v) is 3.30. The van der Waals surface area contributed by atoms with Crippen molar-refractivity contribution >= 4 is 5.71 Å². The van der Waals surface area contributed by atoms with E-state index >= 15 is 0 Å². The molecular formula is C14H18N2. The van der Waals surface area contributed by atoms with Crippen LogP contribution in [-0.4, -0.2) is 22.8 Å². The summed E-state index contributed by atoms with van der Waals surface area (Å²) in [6.07, 6.45) is 5.34. The van der Waals surface area contributed by atoms with Crippen LogP contribution in [0.5, 0.6) is 0 Å². The maximum absolute atomic E-state index is 4.82. The standard InChI is InChI=1S/C14H18N2/c1-11(12-5-3-2-4-6-12)15-16(13-7-8-13)14-9-10-14/h2-6,13-14H,7-10H2,1H3/b15-11+. The summed E-state index contributed by atoms with van der Waals surface area (Å²) in [6.45, 7) is 2.12. The number of rotatable bonds is 4. The third-order valence-electron chi connectivity index (χ3n) is 3.30. The lowest BCUT2D eigenvalue weighted by Crippen LogP contribution is -2.23. The van der Waals surface area contributed by atoms with Crippen LogP contribution in [0.4, 0.5) is 0 Å². The summed E-state index contributed by atoms with van der Waals surface area (Å²) in [5.74, 6) is 0. The minimum atomic E-state index is 0.742. The molecule has 2 saturated carbocycles. The van der Waals surface area contributed by atoms with Gasteiger partial charge in [0, 0.05) is 12.1 Å². The van der Waals surface area contributed by atoms with E-state index in [4.69, 9.17) is 5.10 Å². The van der Waals surface area contributed by atoms with Gasteiger partial charge in [0.25, 0.3) is 0 Å². The minimum absolute atomic E-state index is 0.742. The molecule has 2 nitrogen and oxygen atoms in total. The molecule has 1 aromatic carbocycles. The van der Waals surface area contributed by atoms with Gasteiger partial charge < -0.3 is 0 Å². The van der Waals surface area contributed by atoms with Crippen molar-refractivity contribution in [2.75, 3.05) is 0 Å². The third kappa shape index (κ3) is 2.11. The zero-order chi connectivity index (χ0) is 11.0. The van der Waals surface area contributed by atoms with Crippen molar-refractivity contribution in [3.05, 3.63) is 35.9 Å². The van der Waals surface area contributed by atoms with Crippen molar-refractivity contribution in [1.82, 2.24) is 5.01 Å². The molecule has 2 fully saturated rings. The Morgan fingerprint density at radius 3 is 2.12 bits per heavy atom. The second kappa shape index (κ2) is 3.93. The highest BCUT2D eigenvalue weighted by molar-refractivity contribution is 5.98. The molecule has 0 saturated heterocycles. The number of hydrazone groups is 1. The summed E-state index contributed by atoms with van der Waals surface area (Å²) in [6, 6.07) is 12.0. The van der Waals surface area contributed by atoms with Crippen molar-refractivity contribution in [1.29, 1.82) is 0 Å². The normalized spacial score (nSPS) is 20.9. The zero-order valence-corrected chi connectivity index (χ0v) is 9.76. The van der Waals surface area contributed by atoms with Gasteiger partial charge in [-0.05, 0) is 38.2 Å². The van der Waals surface area contributed by atoms with Crippen LogP contribution < -0.4 is 0 Å². The maximum Gasteiger partial charge on any atom is 0.0646 e. The number of hydrogen-bond donors (Lipinski definition) is 0. The van der Waals surface area contributed by atoms with Crippen LogP contribution in [0, 0.1) is 0 Å². The van der Waals surface area contributed by atoms with Crippen molar-refractivity contribution in [2.45, 2.75) is 44.7 Å². The van der Waals surface area contributed by atoms with Gasteiger partial charge in [0.2, 0.25) is 0 Å². The van der Waals surface area contributed by atoms with Gasteiger partial charge in [-0.3, -0.25) is 5.01 Å². The smallest absolute Gasteiger partial charge is 0.0646 e. The fourth-order valence-corrected chi connectivity index (χ4v) is 2.05. The second-order valence-corrected chi connectivity index (χ2v) is 4.89. The highest BCUT2D eigenvalue weighted by Gasteiger charge is 2.38. The van der Waals surface area contributed by atoms with Gasteiger partial charge in [-0.2, -0.15) is 5.10 Å². The summed E-state index contributed by atoms with van der Waals surface area (Å²) in [4.78, 5) is 0. The largest absolute Gasteiger partial charge is 0.291 e. The highest BCUT2D eigenvalue weighted by atomic mass is 15.5. The van der Waals surface area contributed by atoms with Crippen molar-refractivity contribution < 1.29 is 0 Å². The zero-order valence-electron chi connectivity index (χ0n) is 9.76. The molecule has 0 amide bonds. The second-order valence-electron chi connectivity index (χ2n) is 4.89. The van der Waals surface area contributed by atoms with E-state index in [0.29, 0.717) is 0 Å². The van der Waals surface area contributed by atoms with Gasteiger partial charge in [0.1, 0.15) is 0 Å². The predicted octanol–water partition coefficient (Wildman–Crippen LogP) is 3.04. The van der Waals surface area contributed by atoms with Crippen LogP contribution >= 0.6 is 0 Å². The first-order chi connectivity index (χ1) is 7.84. The minimum Gasteiger partial charge on any atom is -0.291 e. The van der Waals surface area contributed by atoms with Crippen molar-refractivity contribution in [2.24, 2.45) is 5.10 Å². The van der Waals surface area contributed by atoms with Gasteiger partial charge in [-0.15, -0.1) is 0 Å². The lowest BCUT2D eigenvalue weighted by atomic mass is 10.1.